The van der Waals surface area contributed by atoms with Crippen LogP contribution in [0, 0.1) is 0 Å². The maximum Gasteiger partial charge on any atom is 0.199 e. The number of nitrogens with one attached hydrogen (secondary N) is 1. The summed E-state index contributed by atoms with van der Waals surface area (Å²) >= 11 is 1.23. The van der Waals surface area contributed by atoms with Gasteiger partial charge in [-0.15, -0.1) is 0 Å². The Morgan fingerprint density at radius 1 is 1.10 bits per heavy atom. The molecule has 2 rings (SSSR count). The van der Waals surface area contributed by atoms with Crippen molar-refractivity contribution < 1.29 is 0 Å². The van der Waals surface area contributed by atoms with Crippen LogP contribution < -0.4 is 16.8 Å². The van der Waals surface area contributed by atoms with Gasteiger partial charge in [0.15, 0.2) is 10.3 Å². The molecule has 0 aliphatic carbocycles. The summed E-state index contributed by atoms with van der Waals surface area (Å²) in [6, 6.07) is 1.51. The van der Waals surface area contributed by atoms with Crippen molar-refractivity contribution >= 4 is 23.4 Å². The lowest BCUT2D eigenvalue weighted by atomic mass is 10.3. The third-order valence-electron chi connectivity index (χ3n) is 2.37. The number of hydrogen-bond acceptors (Lipinski definition) is 8. The molecule has 5 N–H and O–H groups in total. The van der Waals surface area contributed by atoms with Gasteiger partial charge >= 0.3 is 0 Å². The van der Waals surface area contributed by atoms with E-state index in [0.717, 1.165) is 25.1 Å². The van der Waals surface area contributed by atoms with Crippen LogP contribution in [0.3, 0.4) is 0 Å². The summed E-state index contributed by atoms with van der Waals surface area (Å²) in [6.07, 6.45) is 4.67. The molecule has 20 heavy (non-hydrogen) atoms. The number of nitrogens with two attached hydrogens (primary N) is 2. The van der Waals surface area contributed by atoms with Gasteiger partial charge in [-0.3, -0.25) is 0 Å². The molecule has 0 saturated carbocycles. The molecule has 0 unspecified atom stereocenters. The second-order valence-corrected chi connectivity index (χ2v) is 5.09. The topological polar surface area (TPSA) is 116 Å². The summed E-state index contributed by atoms with van der Waals surface area (Å²) < 4.78 is 0. The van der Waals surface area contributed by atoms with Crippen molar-refractivity contribution in [3.05, 3.63) is 24.0 Å². The molecule has 0 atom stereocenters. The lowest BCUT2D eigenvalue weighted by molar-refractivity contribution is 0.669. The lowest BCUT2D eigenvalue weighted by Crippen LogP contribution is -2.14. The van der Waals surface area contributed by atoms with Crippen molar-refractivity contribution in [1.29, 1.82) is 0 Å². The third-order valence-corrected chi connectivity index (χ3v) is 3.12. The van der Waals surface area contributed by atoms with Crippen molar-refractivity contribution in [3.63, 3.8) is 0 Å². The van der Waals surface area contributed by atoms with E-state index < -0.39 is 0 Å². The van der Waals surface area contributed by atoms with Crippen LogP contribution in [0.4, 0.5) is 11.6 Å². The fraction of sp³-hybridized carbons (Fsp3) is 0.333. The largest absolute Gasteiger partial charge is 0.383 e. The number of hydrogen-bond donors (Lipinski definition) is 3. The molecule has 0 aliphatic rings. The predicted octanol–water partition coefficient (Wildman–Crippen LogP) is 1.08. The molecule has 2 aromatic rings. The van der Waals surface area contributed by atoms with Crippen molar-refractivity contribution in [2.75, 3.05) is 18.0 Å². The molecular formula is C12H17N7S. The summed E-state index contributed by atoms with van der Waals surface area (Å²) in [5.41, 5.74) is 12.3. The van der Waals surface area contributed by atoms with Gasteiger partial charge in [-0.2, -0.15) is 0 Å². The summed E-state index contributed by atoms with van der Waals surface area (Å²) in [5, 5.41) is 4.30. The minimum Gasteiger partial charge on any atom is -0.383 e. The number of aromatic nitrogens is 4. The first-order valence-corrected chi connectivity index (χ1v) is 7.08. The Labute approximate surface area is 121 Å². The van der Waals surface area contributed by atoms with E-state index in [-0.39, 0.29) is 0 Å². The minimum absolute atomic E-state index is 0.334. The molecule has 0 saturated heterocycles. The summed E-state index contributed by atoms with van der Waals surface area (Å²) in [6.45, 7) is 3.87. The van der Waals surface area contributed by atoms with E-state index in [1.165, 1.54) is 17.8 Å². The predicted molar refractivity (Wildman–Crippen MR) is 79.0 cm³/mol. The second kappa shape index (κ2) is 7.01. The number of nitrogens with zero attached hydrogens (tertiary/aromatic N) is 4. The van der Waals surface area contributed by atoms with Crippen molar-refractivity contribution in [1.82, 2.24) is 25.3 Å². The van der Waals surface area contributed by atoms with Gasteiger partial charge in [-0.05, 0) is 24.7 Å². The van der Waals surface area contributed by atoms with Gasteiger partial charge in [0, 0.05) is 30.6 Å². The maximum atomic E-state index is 5.61. The van der Waals surface area contributed by atoms with Crippen LogP contribution in [-0.4, -0.2) is 26.5 Å². The number of nitrogen functional groups attached to an aromatic ring is 2. The van der Waals surface area contributed by atoms with E-state index in [1.54, 1.807) is 12.4 Å². The molecule has 0 radical (unpaired) electrons. The average Bonchev–Trinajstić information content (AvgIpc) is 2.40. The van der Waals surface area contributed by atoms with Gasteiger partial charge in [0.1, 0.15) is 11.6 Å². The van der Waals surface area contributed by atoms with E-state index in [9.17, 15) is 0 Å². The second-order valence-electron chi connectivity index (χ2n) is 4.15. The van der Waals surface area contributed by atoms with Gasteiger partial charge in [0.25, 0.3) is 0 Å². The van der Waals surface area contributed by atoms with Crippen LogP contribution >= 0.6 is 11.8 Å². The highest BCUT2D eigenvalue weighted by Gasteiger charge is 2.06. The minimum atomic E-state index is 0.334. The van der Waals surface area contributed by atoms with Crippen LogP contribution in [0.2, 0.25) is 0 Å². The normalized spacial score (nSPS) is 10.7. The molecular weight excluding hydrogens is 274 g/mol. The van der Waals surface area contributed by atoms with E-state index in [2.05, 4.69) is 32.2 Å². The van der Waals surface area contributed by atoms with Gasteiger partial charge in [0.2, 0.25) is 0 Å². The first-order valence-electron chi connectivity index (χ1n) is 6.27. The van der Waals surface area contributed by atoms with Crippen molar-refractivity contribution in [2.24, 2.45) is 0 Å². The maximum absolute atomic E-state index is 5.61. The van der Waals surface area contributed by atoms with E-state index in [0.29, 0.717) is 21.9 Å². The Morgan fingerprint density at radius 2 is 1.75 bits per heavy atom. The molecule has 0 amide bonds. The molecule has 0 spiro atoms. The zero-order chi connectivity index (χ0) is 14.4. The van der Waals surface area contributed by atoms with Crippen LogP contribution in [0.25, 0.3) is 0 Å². The van der Waals surface area contributed by atoms with Crippen molar-refractivity contribution in [3.8, 4) is 0 Å². The monoisotopic (exact) mass is 291 g/mol. The Hall–Kier alpha value is -1.93. The van der Waals surface area contributed by atoms with Crippen LogP contribution in [0.5, 0.6) is 0 Å². The Balaban J connectivity index is 1.99. The molecule has 0 aliphatic heterocycles. The SMILES string of the molecule is CCCNCc1cnc(Sc2nc(N)cc(N)n2)nc1. The molecule has 8 heteroatoms. The zero-order valence-corrected chi connectivity index (χ0v) is 12.0. The van der Waals surface area contributed by atoms with Gasteiger partial charge < -0.3 is 16.8 Å². The quantitative estimate of drug-likeness (QED) is 0.535. The first kappa shape index (κ1) is 14.5. The highest BCUT2D eigenvalue weighted by Crippen LogP contribution is 2.22. The molecule has 2 heterocycles. The molecule has 0 bridgehead atoms. The van der Waals surface area contributed by atoms with Crippen LogP contribution in [0.15, 0.2) is 28.8 Å². The van der Waals surface area contributed by atoms with Gasteiger partial charge in [-0.1, -0.05) is 6.92 Å². The smallest absolute Gasteiger partial charge is 0.199 e. The standard InChI is InChI=1S/C12H17N7S/c1-2-3-15-5-8-6-16-11(17-7-8)20-12-18-9(13)4-10(14)19-12/h4,6-7,15H,2-3,5H2,1H3,(H4,13,14,18,19). The molecule has 0 fully saturated rings. The lowest BCUT2D eigenvalue weighted by Gasteiger charge is -2.04. The Morgan fingerprint density at radius 3 is 2.35 bits per heavy atom. The van der Waals surface area contributed by atoms with Crippen molar-refractivity contribution in [2.45, 2.75) is 30.2 Å². The highest BCUT2D eigenvalue weighted by molar-refractivity contribution is 7.99. The summed E-state index contributed by atoms with van der Waals surface area (Å²) in [5.74, 6) is 0.667. The zero-order valence-electron chi connectivity index (χ0n) is 11.2. The molecule has 2 aromatic heterocycles. The summed E-state index contributed by atoms with van der Waals surface area (Å²) in [4.78, 5) is 16.7. The fourth-order valence-corrected chi connectivity index (χ4v) is 2.16. The molecule has 7 nitrogen and oxygen atoms in total. The van der Waals surface area contributed by atoms with Gasteiger partial charge in [-0.25, -0.2) is 19.9 Å². The van der Waals surface area contributed by atoms with Crippen LogP contribution in [-0.2, 0) is 6.54 Å². The van der Waals surface area contributed by atoms with Crippen LogP contribution in [0.1, 0.15) is 18.9 Å². The fourth-order valence-electron chi connectivity index (χ4n) is 1.49. The van der Waals surface area contributed by atoms with E-state index in [4.69, 9.17) is 11.5 Å². The number of anilines is 2. The average molecular weight is 291 g/mol. The Kier molecular flexibility index (Phi) is 5.08. The van der Waals surface area contributed by atoms with Gasteiger partial charge in [0.05, 0.1) is 0 Å². The number of rotatable bonds is 6. The van der Waals surface area contributed by atoms with E-state index in [1.807, 2.05) is 0 Å². The molecule has 106 valence electrons. The van der Waals surface area contributed by atoms with E-state index >= 15 is 0 Å². The highest BCUT2D eigenvalue weighted by atomic mass is 32.2. The first-order chi connectivity index (χ1) is 9.67. The third kappa shape index (κ3) is 4.32. The summed E-state index contributed by atoms with van der Waals surface area (Å²) in [7, 11) is 0. The molecule has 0 aromatic carbocycles. The Bertz CT molecular complexity index is 538.